The van der Waals surface area contributed by atoms with Crippen molar-refractivity contribution in [3.8, 4) is 11.5 Å². The van der Waals surface area contributed by atoms with E-state index in [4.69, 9.17) is 10.5 Å². The molecular formula is C10H13NO3. The van der Waals surface area contributed by atoms with Crippen LogP contribution in [-0.4, -0.2) is 18.5 Å². The Balaban J connectivity index is 3.31. The molecule has 3 N–H and O–H groups in total. The van der Waals surface area contributed by atoms with Crippen LogP contribution in [-0.2, 0) is 0 Å². The van der Waals surface area contributed by atoms with Crippen LogP contribution < -0.4 is 10.5 Å². The topological polar surface area (TPSA) is 72.5 Å². The van der Waals surface area contributed by atoms with Crippen LogP contribution in [0, 0.1) is 0 Å². The van der Waals surface area contributed by atoms with Crippen molar-refractivity contribution in [2.75, 3.05) is 7.11 Å². The molecule has 1 rings (SSSR count). The Morgan fingerprint density at radius 3 is 2.64 bits per heavy atom. The molecule has 0 aliphatic heterocycles. The molecule has 0 aliphatic carbocycles. The highest BCUT2D eigenvalue weighted by atomic mass is 16.5. The minimum atomic E-state index is -0.299. The number of nitrogens with two attached hydrogens (primary N) is 1. The third-order valence-electron chi connectivity index (χ3n) is 2.00. The molecule has 0 aromatic heterocycles. The number of ether oxygens (including phenoxy) is 1. The quantitative estimate of drug-likeness (QED) is 0.711. The van der Waals surface area contributed by atoms with Crippen LogP contribution in [0.3, 0.4) is 0 Å². The highest BCUT2D eigenvalue weighted by Gasteiger charge is 2.11. The van der Waals surface area contributed by atoms with E-state index in [9.17, 15) is 9.90 Å². The second-order valence-electron chi connectivity index (χ2n) is 3.06. The molecule has 0 spiro atoms. The van der Waals surface area contributed by atoms with E-state index in [2.05, 4.69) is 0 Å². The molecule has 0 radical (unpaired) electrons. The maximum atomic E-state index is 10.7. The van der Waals surface area contributed by atoms with Crippen LogP contribution in [0.25, 0.3) is 0 Å². The number of rotatable bonds is 3. The van der Waals surface area contributed by atoms with Gasteiger partial charge in [-0.3, -0.25) is 4.79 Å². The van der Waals surface area contributed by atoms with Crippen LogP contribution in [0.4, 0.5) is 0 Å². The summed E-state index contributed by atoms with van der Waals surface area (Å²) >= 11 is 0. The number of carbonyl (C=O) groups excluding carboxylic acids is 1. The molecule has 1 aromatic carbocycles. The van der Waals surface area contributed by atoms with Gasteiger partial charge in [-0.1, -0.05) is 0 Å². The van der Waals surface area contributed by atoms with Gasteiger partial charge in [0.25, 0.3) is 0 Å². The van der Waals surface area contributed by atoms with E-state index in [1.165, 1.54) is 19.2 Å². The first-order valence-corrected chi connectivity index (χ1v) is 4.21. The number of hydrogen-bond donors (Lipinski definition) is 2. The fourth-order valence-electron chi connectivity index (χ4n) is 1.26. The number of phenolic OH excluding ortho intramolecular Hbond substituents is 1. The van der Waals surface area contributed by atoms with Crippen LogP contribution >= 0.6 is 0 Å². The van der Waals surface area contributed by atoms with Gasteiger partial charge < -0.3 is 15.6 Å². The van der Waals surface area contributed by atoms with Crippen molar-refractivity contribution in [3.63, 3.8) is 0 Å². The lowest BCUT2D eigenvalue weighted by atomic mass is 10.0. The molecule has 4 heteroatoms. The Bertz CT molecular complexity index is 347. The van der Waals surface area contributed by atoms with E-state index in [1.54, 1.807) is 6.92 Å². The summed E-state index contributed by atoms with van der Waals surface area (Å²) in [5.74, 6) is 0.266. The van der Waals surface area contributed by atoms with Gasteiger partial charge in [0.1, 0.15) is 0 Å². The Morgan fingerprint density at radius 1 is 1.57 bits per heavy atom. The summed E-state index contributed by atoms with van der Waals surface area (Å²) < 4.78 is 4.87. The van der Waals surface area contributed by atoms with Gasteiger partial charge in [0.15, 0.2) is 17.8 Å². The number of hydrogen-bond acceptors (Lipinski definition) is 4. The number of aldehydes is 1. The van der Waals surface area contributed by atoms with Gasteiger partial charge in [0, 0.05) is 11.6 Å². The number of methoxy groups -OCH3 is 1. The molecule has 14 heavy (non-hydrogen) atoms. The Morgan fingerprint density at radius 2 is 2.21 bits per heavy atom. The second-order valence-corrected chi connectivity index (χ2v) is 3.06. The second kappa shape index (κ2) is 4.11. The molecule has 0 fully saturated rings. The van der Waals surface area contributed by atoms with Crippen molar-refractivity contribution >= 4 is 6.29 Å². The molecule has 4 nitrogen and oxygen atoms in total. The summed E-state index contributed by atoms with van der Waals surface area (Å²) in [5, 5.41) is 9.46. The first-order chi connectivity index (χ1) is 6.60. The molecule has 1 unspecified atom stereocenters. The van der Waals surface area contributed by atoms with Gasteiger partial charge in [0.2, 0.25) is 0 Å². The first kappa shape index (κ1) is 10.5. The average molecular weight is 195 g/mol. The molecule has 0 amide bonds. The van der Waals surface area contributed by atoms with Gasteiger partial charge >= 0.3 is 0 Å². The summed E-state index contributed by atoms with van der Waals surface area (Å²) in [7, 11) is 1.43. The highest BCUT2D eigenvalue weighted by molar-refractivity contribution is 5.79. The van der Waals surface area contributed by atoms with E-state index in [0.29, 0.717) is 17.4 Å². The van der Waals surface area contributed by atoms with E-state index in [0.717, 1.165) is 0 Å². The molecule has 0 heterocycles. The van der Waals surface area contributed by atoms with Crippen molar-refractivity contribution in [2.45, 2.75) is 13.0 Å². The van der Waals surface area contributed by atoms with Gasteiger partial charge in [-0.15, -0.1) is 0 Å². The number of benzene rings is 1. The van der Waals surface area contributed by atoms with E-state index in [-0.39, 0.29) is 17.5 Å². The number of carbonyl (C=O) groups is 1. The number of aromatic hydroxyl groups is 1. The lowest BCUT2D eigenvalue weighted by Gasteiger charge is -2.11. The summed E-state index contributed by atoms with van der Waals surface area (Å²) in [6.07, 6.45) is 0.695. The third kappa shape index (κ3) is 1.85. The first-order valence-electron chi connectivity index (χ1n) is 4.21. The zero-order chi connectivity index (χ0) is 10.7. The van der Waals surface area contributed by atoms with Crippen molar-refractivity contribution in [1.82, 2.24) is 0 Å². The molecule has 1 aromatic rings. The highest BCUT2D eigenvalue weighted by Crippen LogP contribution is 2.30. The summed E-state index contributed by atoms with van der Waals surface area (Å²) in [6.45, 7) is 1.74. The number of phenols is 1. The van der Waals surface area contributed by atoms with E-state index < -0.39 is 0 Å². The Hall–Kier alpha value is -1.55. The van der Waals surface area contributed by atoms with Crippen LogP contribution in [0.5, 0.6) is 11.5 Å². The summed E-state index contributed by atoms with van der Waals surface area (Å²) in [4.78, 5) is 10.7. The lowest BCUT2D eigenvalue weighted by Crippen LogP contribution is -2.08. The Kier molecular flexibility index (Phi) is 3.09. The molecule has 0 saturated carbocycles. The largest absolute Gasteiger partial charge is 0.504 e. The molecule has 0 bridgehead atoms. The maximum Gasteiger partial charge on any atom is 0.161 e. The molecule has 0 aliphatic rings. The molecule has 1 atom stereocenters. The predicted octanol–water partition coefficient (Wildman–Crippen LogP) is 1.23. The predicted molar refractivity (Wildman–Crippen MR) is 52.6 cm³/mol. The van der Waals surface area contributed by atoms with Gasteiger partial charge in [0.05, 0.1) is 7.11 Å². The average Bonchev–Trinajstić information content (AvgIpc) is 2.17. The minimum Gasteiger partial charge on any atom is -0.504 e. The van der Waals surface area contributed by atoms with Crippen LogP contribution in [0.2, 0.25) is 0 Å². The van der Waals surface area contributed by atoms with Crippen LogP contribution in [0.1, 0.15) is 28.9 Å². The molecule has 0 saturated heterocycles. The smallest absolute Gasteiger partial charge is 0.161 e. The normalized spacial score (nSPS) is 12.2. The zero-order valence-electron chi connectivity index (χ0n) is 8.15. The lowest BCUT2D eigenvalue weighted by molar-refractivity contribution is 0.112. The van der Waals surface area contributed by atoms with E-state index >= 15 is 0 Å². The molecular weight excluding hydrogens is 182 g/mol. The van der Waals surface area contributed by atoms with Crippen molar-refractivity contribution in [2.24, 2.45) is 5.73 Å². The monoisotopic (exact) mass is 195 g/mol. The van der Waals surface area contributed by atoms with E-state index in [1.807, 2.05) is 0 Å². The van der Waals surface area contributed by atoms with Gasteiger partial charge in [-0.05, 0) is 24.6 Å². The van der Waals surface area contributed by atoms with Crippen molar-refractivity contribution < 1.29 is 14.6 Å². The third-order valence-corrected chi connectivity index (χ3v) is 2.00. The minimum absolute atomic E-state index is 0.00889. The zero-order valence-corrected chi connectivity index (χ0v) is 8.15. The fraction of sp³-hybridized carbons (Fsp3) is 0.300. The van der Waals surface area contributed by atoms with Crippen molar-refractivity contribution in [1.29, 1.82) is 0 Å². The summed E-state index contributed by atoms with van der Waals surface area (Å²) in [5.41, 5.74) is 6.69. The maximum absolute atomic E-state index is 10.7. The standard InChI is InChI=1S/C10H13NO3/c1-6(11)8-4-9(13)10(14-2)3-7(8)5-12/h3-6,13H,11H2,1-2H3. The summed E-state index contributed by atoms with van der Waals surface area (Å²) in [6, 6.07) is 2.63. The molecule has 76 valence electrons. The van der Waals surface area contributed by atoms with Crippen LogP contribution in [0.15, 0.2) is 12.1 Å². The fourth-order valence-corrected chi connectivity index (χ4v) is 1.26. The van der Waals surface area contributed by atoms with Gasteiger partial charge in [-0.25, -0.2) is 0 Å². The van der Waals surface area contributed by atoms with Gasteiger partial charge in [-0.2, -0.15) is 0 Å². The Labute approximate surface area is 82.3 Å². The van der Waals surface area contributed by atoms with Crippen molar-refractivity contribution in [3.05, 3.63) is 23.3 Å². The SMILES string of the molecule is COc1cc(C=O)c(C(C)N)cc1O.